The van der Waals surface area contributed by atoms with Crippen LogP contribution in [0.25, 0.3) is 10.9 Å². The van der Waals surface area contributed by atoms with Gasteiger partial charge in [-0.15, -0.1) is 0 Å². The number of pyridine rings is 1. The molecular formula is C17H17N5O. The van der Waals surface area contributed by atoms with Crippen LogP contribution in [0.15, 0.2) is 36.5 Å². The number of nitrogens with zero attached hydrogens (tertiary/aromatic N) is 3. The molecule has 3 aromatic rings. The fourth-order valence-corrected chi connectivity index (χ4v) is 2.47. The van der Waals surface area contributed by atoms with E-state index in [0.29, 0.717) is 18.1 Å². The molecule has 3 N–H and O–H groups in total. The van der Waals surface area contributed by atoms with Crippen molar-refractivity contribution in [3.05, 3.63) is 42.1 Å². The lowest BCUT2D eigenvalue weighted by Crippen LogP contribution is -2.04. The van der Waals surface area contributed by atoms with Gasteiger partial charge in [0, 0.05) is 35.9 Å². The molecule has 0 aliphatic heterocycles. The van der Waals surface area contributed by atoms with Crippen molar-refractivity contribution >= 4 is 28.1 Å². The smallest absolute Gasteiger partial charge is 0.235 e. The second-order valence-electron chi connectivity index (χ2n) is 5.15. The van der Waals surface area contributed by atoms with Crippen LogP contribution >= 0.6 is 0 Å². The molecule has 2 heterocycles. The lowest BCUT2D eigenvalue weighted by atomic mass is 10.2. The molecule has 0 fully saturated rings. The maximum atomic E-state index is 9.15. The van der Waals surface area contributed by atoms with E-state index >= 15 is 0 Å². The number of hydrogen-bond donors (Lipinski definition) is 2. The highest BCUT2D eigenvalue weighted by Gasteiger charge is 2.12. The maximum absolute atomic E-state index is 9.15. The van der Waals surface area contributed by atoms with E-state index in [9.17, 15) is 0 Å². The Bertz CT molecular complexity index is 907. The van der Waals surface area contributed by atoms with Gasteiger partial charge in [0.2, 0.25) is 5.88 Å². The van der Waals surface area contributed by atoms with Gasteiger partial charge >= 0.3 is 0 Å². The second-order valence-corrected chi connectivity index (χ2v) is 5.15. The van der Waals surface area contributed by atoms with E-state index in [-0.39, 0.29) is 11.4 Å². The first kappa shape index (κ1) is 14.7. The van der Waals surface area contributed by atoms with Crippen LogP contribution in [0, 0.1) is 11.3 Å². The van der Waals surface area contributed by atoms with Crippen molar-refractivity contribution in [2.45, 2.75) is 6.92 Å². The standard InChI is InChI=1S/C17H17N5O/c1-3-23-17-13(10-18)14(19)9-16(21-17)20-12-4-5-15-11(8-12)6-7-22(15)2/h4-9H,3H2,1-2H3,(H3,19,20,21). The zero-order chi connectivity index (χ0) is 16.4. The summed E-state index contributed by atoms with van der Waals surface area (Å²) in [7, 11) is 2.01. The molecular weight excluding hydrogens is 290 g/mol. The Labute approximate surface area is 134 Å². The number of hydrogen-bond acceptors (Lipinski definition) is 5. The molecule has 0 saturated heterocycles. The van der Waals surface area contributed by atoms with E-state index in [4.69, 9.17) is 15.7 Å². The Hall–Kier alpha value is -3.20. The van der Waals surface area contributed by atoms with Crippen LogP contribution in [0.1, 0.15) is 12.5 Å². The largest absolute Gasteiger partial charge is 0.477 e. The Kier molecular flexibility index (Phi) is 3.77. The Morgan fingerprint density at radius 3 is 2.91 bits per heavy atom. The van der Waals surface area contributed by atoms with Gasteiger partial charge in [-0.2, -0.15) is 10.2 Å². The summed E-state index contributed by atoms with van der Waals surface area (Å²) >= 11 is 0. The third-order valence-electron chi connectivity index (χ3n) is 3.57. The minimum Gasteiger partial charge on any atom is -0.477 e. The molecule has 116 valence electrons. The Morgan fingerprint density at radius 1 is 1.35 bits per heavy atom. The maximum Gasteiger partial charge on any atom is 0.235 e. The molecule has 0 atom stereocenters. The molecule has 0 radical (unpaired) electrons. The molecule has 1 aromatic carbocycles. The normalized spacial score (nSPS) is 10.5. The number of aromatic nitrogens is 2. The van der Waals surface area contributed by atoms with Gasteiger partial charge in [0.15, 0.2) is 0 Å². The number of anilines is 3. The predicted octanol–water partition coefficient (Wildman–Crippen LogP) is 3.17. The van der Waals surface area contributed by atoms with Gasteiger partial charge in [0.05, 0.1) is 12.3 Å². The summed E-state index contributed by atoms with van der Waals surface area (Å²) in [5, 5.41) is 13.5. The van der Waals surface area contributed by atoms with Crippen LogP contribution < -0.4 is 15.8 Å². The molecule has 0 saturated carbocycles. The van der Waals surface area contributed by atoms with Crippen LogP contribution in [0.2, 0.25) is 0 Å². The number of nitrogens with two attached hydrogens (primary N) is 1. The van der Waals surface area contributed by atoms with Gasteiger partial charge in [-0.1, -0.05) is 0 Å². The molecule has 3 rings (SSSR count). The van der Waals surface area contributed by atoms with E-state index in [1.54, 1.807) is 6.07 Å². The van der Waals surface area contributed by atoms with Crippen LogP contribution in [0.4, 0.5) is 17.2 Å². The minimum atomic E-state index is 0.248. The SMILES string of the molecule is CCOc1nc(Nc2ccc3c(ccn3C)c2)cc(N)c1C#N. The first-order chi connectivity index (χ1) is 11.1. The molecule has 0 bridgehead atoms. The first-order valence-electron chi connectivity index (χ1n) is 7.28. The van der Waals surface area contributed by atoms with E-state index in [1.807, 2.05) is 50.5 Å². The molecule has 0 aliphatic carbocycles. The number of nitriles is 1. The number of aryl methyl sites for hydroxylation is 1. The molecule has 23 heavy (non-hydrogen) atoms. The van der Waals surface area contributed by atoms with Crippen molar-refractivity contribution in [1.82, 2.24) is 9.55 Å². The number of nitrogen functional groups attached to an aromatic ring is 1. The molecule has 6 heteroatoms. The quantitative estimate of drug-likeness (QED) is 0.773. The van der Waals surface area contributed by atoms with E-state index in [0.717, 1.165) is 16.6 Å². The van der Waals surface area contributed by atoms with Gasteiger partial charge < -0.3 is 20.4 Å². The molecule has 0 aliphatic rings. The molecule has 6 nitrogen and oxygen atoms in total. The molecule has 0 unspecified atom stereocenters. The molecule has 0 amide bonds. The highest BCUT2D eigenvalue weighted by atomic mass is 16.5. The van der Waals surface area contributed by atoms with Crippen molar-refractivity contribution in [2.24, 2.45) is 7.05 Å². The fraction of sp³-hybridized carbons (Fsp3) is 0.176. The van der Waals surface area contributed by atoms with E-state index < -0.39 is 0 Å². The number of fused-ring (bicyclic) bond motifs is 1. The van der Waals surface area contributed by atoms with Gasteiger partial charge in [0.25, 0.3) is 0 Å². The average molecular weight is 307 g/mol. The monoisotopic (exact) mass is 307 g/mol. The van der Waals surface area contributed by atoms with Crippen molar-refractivity contribution in [1.29, 1.82) is 5.26 Å². The zero-order valence-electron chi connectivity index (χ0n) is 13.0. The number of ether oxygens (including phenoxy) is 1. The summed E-state index contributed by atoms with van der Waals surface area (Å²) in [6, 6.07) is 11.7. The topological polar surface area (TPSA) is 88.9 Å². The summed E-state index contributed by atoms with van der Waals surface area (Å²) in [6.45, 7) is 2.25. The lowest BCUT2D eigenvalue weighted by Gasteiger charge is -2.11. The van der Waals surface area contributed by atoms with Crippen LogP contribution in [0.3, 0.4) is 0 Å². The molecule has 2 aromatic heterocycles. The van der Waals surface area contributed by atoms with Crippen molar-refractivity contribution in [2.75, 3.05) is 17.7 Å². The predicted molar refractivity (Wildman–Crippen MR) is 90.7 cm³/mol. The summed E-state index contributed by atoms with van der Waals surface area (Å²) in [4.78, 5) is 4.33. The van der Waals surface area contributed by atoms with E-state index in [1.165, 1.54) is 0 Å². The minimum absolute atomic E-state index is 0.248. The number of benzene rings is 1. The van der Waals surface area contributed by atoms with Crippen molar-refractivity contribution in [3.63, 3.8) is 0 Å². The van der Waals surface area contributed by atoms with Gasteiger partial charge in [0.1, 0.15) is 17.5 Å². The second kappa shape index (κ2) is 5.89. The van der Waals surface area contributed by atoms with Gasteiger partial charge in [-0.3, -0.25) is 0 Å². The Balaban J connectivity index is 1.96. The third kappa shape index (κ3) is 2.77. The summed E-state index contributed by atoms with van der Waals surface area (Å²) in [5.41, 5.74) is 8.57. The number of nitrogens with one attached hydrogen (secondary N) is 1. The summed E-state index contributed by atoms with van der Waals surface area (Å²) in [5.74, 6) is 0.790. The van der Waals surface area contributed by atoms with Crippen LogP contribution in [-0.4, -0.2) is 16.2 Å². The summed E-state index contributed by atoms with van der Waals surface area (Å²) < 4.78 is 7.46. The first-order valence-corrected chi connectivity index (χ1v) is 7.28. The van der Waals surface area contributed by atoms with Gasteiger partial charge in [-0.25, -0.2) is 0 Å². The zero-order valence-corrected chi connectivity index (χ0v) is 13.0. The lowest BCUT2D eigenvalue weighted by molar-refractivity contribution is 0.326. The van der Waals surface area contributed by atoms with Crippen LogP contribution in [-0.2, 0) is 7.05 Å². The highest BCUT2D eigenvalue weighted by molar-refractivity contribution is 5.84. The van der Waals surface area contributed by atoms with Crippen molar-refractivity contribution < 1.29 is 4.74 Å². The Morgan fingerprint density at radius 2 is 2.17 bits per heavy atom. The molecule has 0 spiro atoms. The van der Waals surface area contributed by atoms with E-state index in [2.05, 4.69) is 14.9 Å². The highest BCUT2D eigenvalue weighted by Crippen LogP contribution is 2.28. The fourth-order valence-electron chi connectivity index (χ4n) is 2.47. The van der Waals surface area contributed by atoms with Gasteiger partial charge in [-0.05, 0) is 31.2 Å². The number of rotatable bonds is 4. The van der Waals surface area contributed by atoms with Crippen LogP contribution in [0.5, 0.6) is 5.88 Å². The third-order valence-corrected chi connectivity index (χ3v) is 3.57. The average Bonchev–Trinajstić information content (AvgIpc) is 2.88. The van der Waals surface area contributed by atoms with Crippen molar-refractivity contribution in [3.8, 4) is 11.9 Å². The summed E-state index contributed by atoms with van der Waals surface area (Å²) in [6.07, 6.45) is 2.01.